The molecule has 0 bridgehead atoms. The van der Waals surface area contributed by atoms with Crippen LogP contribution in [0.25, 0.3) is 0 Å². The molecule has 1 saturated heterocycles. The first kappa shape index (κ1) is 23.7. The fourth-order valence-corrected chi connectivity index (χ4v) is 4.37. The Balaban J connectivity index is 1.61. The maximum atomic E-state index is 12.7. The number of carbonyl (C=O) groups excluding carboxylic acids is 2. The van der Waals surface area contributed by atoms with E-state index in [0.29, 0.717) is 43.2 Å². The second-order valence-corrected chi connectivity index (χ2v) is 8.77. The molecule has 10 nitrogen and oxygen atoms in total. The molecule has 1 fully saturated rings. The highest BCUT2D eigenvalue weighted by molar-refractivity contribution is 7.89. The van der Waals surface area contributed by atoms with Crippen LogP contribution < -0.4 is 10.6 Å². The van der Waals surface area contributed by atoms with Crippen LogP contribution in [0.3, 0.4) is 0 Å². The number of carbonyl (C=O) groups is 2. The van der Waals surface area contributed by atoms with Gasteiger partial charge in [0, 0.05) is 37.1 Å². The van der Waals surface area contributed by atoms with E-state index in [1.54, 1.807) is 24.3 Å². The largest absolute Gasteiger partial charge is 0.447 e. The summed E-state index contributed by atoms with van der Waals surface area (Å²) in [6.45, 7) is 1.73. The van der Waals surface area contributed by atoms with Gasteiger partial charge in [0.2, 0.25) is 10.0 Å². The minimum Gasteiger partial charge on any atom is -0.447 e. The summed E-state index contributed by atoms with van der Waals surface area (Å²) < 4.78 is 41.7. The van der Waals surface area contributed by atoms with Crippen LogP contribution in [0.15, 0.2) is 53.4 Å². The Hall–Kier alpha value is -2.99. The standard InChI is InChI=1S/C21H25N3O7S/c1-29-13-14-31-21(26)23-18-4-2-3-17(15-18)22-20(25)16-5-7-19(8-6-16)32(27,28)24-9-11-30-12-10-24/h2-8,15H,9-14H2,1H3,(H,22,25)(H,23,26). The molecule has 0 aromatic heterocycles. The second kappa shape index (κ2) is 11.0. The first-order chi connectivity index (χ1) is 15.4. The number of morpholine rings is 1. The Morgan fingerprint density at radius 2 is 1.66 bits per heavy atom. The van der Waals surface area contributed by atoms with E-state index >= 15 is 0 Å². The maximum Gasteiger partial charge on any atom is 0.411 e. The van der Waals surface area contributed by atoms with Gasteiger partial charge in [-0.2, -0.15) is 4.31 Å². The smallest absolute Gasteiger partial charge is 0.411 e. The van der Waals surface area contributed by atoms with Gasteiger partial charge in [-0.15, -0.1) is 0 Å². The number of nitrogens with zero attached hydrogens (tertiary/aromatic N) is 1. The summed E-state index contributed by atoms with van der Waals surface area (Å²) in [5, 5.41) is 5.28. The van der Waals surface area contributed by atoms with Gasteiger partial charge >= 0.3 is 6.09 Å². The fourth-order valence-electron chi connectivity index (χ4n) is 2.96. The second-order valence-electron chi connectivity index (χ2n) is 6.83. The lowest BCUT2D eigenvalue weighted by atomic mass is 10.2. The van der Waals surface area contributed by atoms with E-state index in [-0.39, 0.29) is 18.1 Å². The molecule has 0 atom stereocenters. The normalized spacial score (nSPS) is 14.5. The molecule has 172 valence electrons. The van der Waals surface area contributed by atoms with Gasteiger partial charge < -0.3 is 19.5 Å². The zero-order chi connectivity index (χ0) is 23.0. The molecule has 2 amide bonds. The van der Waals surface area contributed by atoms with Crippen molar-refractivity contribution in [2.24, 2.45) is 0 Å². The summed E-state index contributed by atoms with van der Waals surface area (Å²) in [6.07, 6.45) is -0.636. The molecule has 32 heavy (non-hydrogen) atoms. The molecule has 0 saturated carbocycles. The van der Waals surface area contributed by atoms with Crippen molar-refractivity contribution in [3.63, 3.8) is 0 Å². The monoisotopic (exact) mass is 463 g/mol. The molecule has 0 radical (unpaired) electrons. The number of hydrogen-bond donors (Lipinski definition) is 2. The molecule has 0 aliphatic carbocycles. The highest BCUT2D eigenvalue weighted by Crippen LogP contribution is 2.19. The molecule has 1 heterocycles. The topological polar surface area (TPSA) is 123 Å². The molecule has 11 heteroatoms. The van der Waals surface area contributed by atoms with E-state index in [1.807, 2.05) is 0 Å². The highest BCUT2D eigenvalue weighted by Gasteiger charge is 2.26. The number of anilines is 2. The van der Waals surface area contributed by atoms with Crippen molar-refractivity contribution in [2.45, 2.75) is 4.90 Å². The van der Waals surface area contributed by atoms with E-state index < -0.39 is 22.0 Å². The van der Waals surface area contributed by atoms with E-state index in [2.05, 4.69) is 10.6 Å². The van der Waals surface area contributed by atoms with Crippen molar-refractivity contribution >= 4 is 33.4 Å². The predicted octanol–water partition coefficient (Wildman–Crippen LogP) is 2.15. The molecule has 1 aliphatic rings. The highest BCUT2D eigenvalue weighted by atomic mass is 32.2. The quantitative estimate of drug-likeness (QED) is 0.575. The van der Waals surface area contributed by atoms with Crippen molar-refractivity contribution in [3.8, 4) is 0 Å². The van der Waals surface area contributed by atoms with Crippen LogP contribution in [0.4, 0.5) is 16.2 Å². The maximum absolute atomic E-state index is 12.7. The van der Waals surface area contributed by atoms with Crippen molar-refractivity contribution in [3.05, 3.63) is 54.1 Å². The van der Waals surface area contributed by atoms with Crippen molar-refractivity contribution in [2.75, 3.05) is 57.3 Å². The Bertz CT molecular complexity index is 1040. The zero-order valence-electron chi connectivity index (χ0n) is 17.6. The van der Waals surface area contributed by atoms with E-state index in [0.717, 1.165) is 0 Å². The fraction of sp³-hybridized carbons (Fsp3) is 0.333. The number of benzene rings is 2. The first-order valence-electron chi connectivity index (χ1n) is 9.92. The van der Waals surface area contributed by atoms with Gasteiger partial charge in [-0.1, -0.05) is 6.07 Å². The van der Waals surface area contributed by atoms with Crippen LogP contribution >= 0.6 is 0 Å². The van der Waals surface area contributed by atoms with Crippen molar-refractivity contribution in [1.82, 2.24) is 4.31 Å². The van der Waals surface area contributed by atoms with Gasteiger partial charge in [0.25, 0.3) is 5.91 Å². The third-order valence-electron chi connectivity index (χ3n) is 4.61. The summed E-state index contributed by atoms with van der Waals surface area (Å²) >= 11 is 0. The number of rotatable bonds is 8. The number of methoxy groups -OCH3 is 1. The van der Waals surface area contributed by atoms with Crippen molar-refractivity contribution < 1.29 is 32.2 Å². The number of amides is 2. The molecule has 0 spiro atoms. The molecular weight excluding hydrogens is 438 g/mol. The van der Waals surface area contributed by atoms with E-state index in [9.17, 15) is 18.0 Å². The van der Waals surface area contributed by atoms with E-state index in [1.165, 1.54) is 35.7 Å². The Morgan fingerprint density at radius 1 is 1.00 bits per heavy atom. The number of sulfonamides is 1. The lowest BCUT2D eigenvalue weighted by molar-refractivity contribution is 0.0730. The molecule has 3 rings (SSSR count). The first-order valence-corrected chi connectivity index (χ1v) is 11.4. The average Bonchev–Trinajstić information content (AvgIpc) is 2.80. The number of ether oxygens (including phenoxy) is 3. The Labute approximate surface area is 186 Å². The Morgan fingerprint density at radius 3 is 2.31 bits per heavy atom. The van der Waals surface area contributed by atoms with Crippen LogP contribution in [-0.2, 0) is 24.2 Å². The number of hydrogen-bond acceptors (Lipinski definition) is 7. The van der Waals surface area contributed by atoms with Gasteiger partial charge in [0.15, 0.2) is 0 Å². The number of nitrogens with one attached hydrogen (secondary N) is 2. The zero-order valence-corrected chi connectivity index (χ0v) is 18.4. The molecule has 2 aromatic carbocycles. The SMILES string of the molecule is COCCOC(=O)Nc1cccc(NC(=O)c2ccc(S(=O)(=O)N3CCOCC3)cc2)c1. The minimum absolute atomic E-state index is 0.120. The predicted molar refractivity (Wildman–Crippen MR) is 117 cm³/mol. The summed E-state index contributed by atoms with van der Waals surface area (Å²) in [5.41, 5.74) is 1.19. The summed E-state index contributed by atoms with van der Waals surface area (Å²) in [4.78, 5) is 24.4. The van der Waals surface area contributed by atoms with Crippen molar-refractivity contribution in [1.29, 1.82) is 0 Å². The molecule has 2 aromatic rings. The van der Waals surface area contributed by atoms with Gasteiger partial charge in [-0.3, -0.25) is 10.1 Å². The third-order valence-corrected chi connectivity index (χ3v) is 6.52. The lowest BCUT2D eigenvalue weighted by Gasteiger charge is -2.26. The summed E-state index contributed by atoms with van der Waals surface area (Å²) in [6, 6.07) is 12.3. The lowest BCUT2D eigenvalue weighted by Crippen LogP contribution is -2.40. The van der Waals surface area contributed by atoms with E-state index in [4.69, 9.17) is 14.2 Å². The third kappa shape index (κ3) is 6.26. The molecule has 0 unspecified atom stereocenters. The summed E-state index contributed by atoms with van der Waals surface area (Å²) in [5.74, 6) is -0.417. The van der Waals surface area contributed by atoms with Crippen LogP contribution in [0.5, 0.6) is 0 Å². The van der Waals surface area contributed by atoms with Crippen LogP contribution in [-0.4, -0.2) is 71.4 Å². The van der Waals surface area contributed by atoms with Crippen LogP contribution in [0.2, 0.25) is 0 Å². The Kier molecular flexibility index (Phi) is 8.17. The summed E-state index contributed by atoms with van der Waals surface area (Å²) in [7, 11) is -2.12. The van der Waals surface area contributed by atoms with Gasteiger partial charge in [-0.05, 0) is 42.5 Å². The molecule has 1 aliphatic heterocycles. The van der Waals surface area contributed by atoms with Gasteiger partial charge in [0.05, 0.1) is 24.7 Å². The molecule has 2 N–H and O–H groups in total. The van der Waals surface area contributed by atoms with Crippen LogP contribution in [0, 0.1) is 0 Å². The minimum atomic E-state index is -3.63. The average molecular weight is 464 g/mol. The van der Waals surface area contributed by atoms with Gasteiger partial charge in [-0.25, -0.2) is 13.2 Å². The van der Waals surface area contributed by atoms with Gasteiger partial charge in [0.1, 0.15) is 6.61 Å². The van der Waals surface area contributed by atoms with Crippen LogP contribution in [0.1, 0.15) is 10.4 Å². The molecular formula is C21H25N3O7S.